The first-order valence-corrected chi connectivity index (χ1v) is 28.5. The Morgan fingerprint density at radius 3 is 1.23 bits per heavy atom. The second-order valence-corrected chi connectivity index (χ2v) is 21.5. The van der Waals surface area contributed by atoms with Gasteiger partial charge < -0.3 is 8.98 Å². The monoisotopic (exact) mass is 1070 g/mol. The summed E-state index contributed by atoms with van der Waals surface area (Å²) >= 11 is 0. The molecule has 0 amide bonds. The summed E-state index contributed by atoms with van der Waals surface area (Å²) in [5.41, 5.74) is 21.1. The largest absolute Gasteiger partial charge is 0.456 e. The van der Waals surface area contributed by atoms with Crippen LogP contribution in [0, 0.1) is 0 Å². The number of hydrogen-bond donors (Lipinski definition) is 0. The number of aromatic nitrogens is 4. The van der Waals surface area contributed by atoms with Crippen LogP contribution in [0.1, 0.15) is 0 Å². The van der Waals surface area contributed by atoms with Gasteiger partial charge in [0.25, 0.3) is 0 Å². The lowest BCUT2D eigenvalue weighted by atomic mass is 9.98. The maximum Gasteiger partial charge on any atom is 0.164 e. The van der Waals surface area contributed by atoms with Crippen LogP contribution < -0.4 is 0 Å². The van der Waals surface area contributed by atoms with Crippen molar-refractivity contribution in [3.8, 4) is 107 Å². The fraction of sp³-hybridized carbons (Fsp3) is 0. The fourth-order valence-corrected chi connectivity index (χ4v) is 12.2. The molecule has 0 aliphatic heterocycles. The highest BCUT2D eigenvalue weighted by Gasteiger charge is 2.22. The van der Waals surface area contributed by atoms with Gasteiger partial charge in [-0.15, -0.1) is 0 Å². The number of hydrogen-bond acceptors (Lipinski definition) is 4. The van der Waals surface area contributed by atoms with Crippen molar-refractivity contribution in [3.63, 3.8) is 0 Å². The molecule has 3 aromatic heterocycles. The van der Waals surface area contributed by atoms with Gasteiger partial charge in [-0.25, -0.2) is 15.0 Å². The summed E-state index contributed by atoms with van der Waals surface area (Å²) < 4.78 is 9.07. The summed E-state index contributed by atoms with van der Waals surface area (Å²) in [5.74, 6) is 1.73. The molecule has 16 rings (SSSR count). The Morgan fingerprint density at radius 2 is 0.667 bits per heavy atom. The molecule has 13 aromatic carbocycles. The molecule has 0 unspecified atom stereocenters. The van der Waals surface area contributed by atoms with Crippen molar-refractivity contribution in [2.75, 3.05) is 0 Å². The van der Waals surface area contributed by atoms with Crippen molar-refractivity contribution >= 4 is 54.5 Å². The molecule has 0 radical (unpaired) electrons. The van der Waals surface area contributed by atoms with Crippen LogP contribution in [0.4, 0.5) is 0 Å². The average Bonchev–Trinajstić information content (AvgIpc) is 1.77. The summed E-state index contributed by atoms with van der Waals surface area (Å²) in [7, 11) is 0. The molecule has 0 aliphatic rings. The van der Waals surface area contributed by atoms with E-state index in [9.17, 15) is 0 Å². The Balaban J connectivity index is 0.871. The number of fused-ring (bicyclic) bond motifs is 7. The first-order chi connectivity index (χ1) is 41.6. The van der Waals surface area contributed by atoms with Gasteiger partial charge in [0, 0.05) is 43.8 Å². The fourth-order valence-electron chi connectivity index (χ4n) is 12.2. The minimum atomic E-state index is 0.563. The third kappa shape index (κ3) is 8.71. The molecule has 0 saturated carbocycles. The van der Waals surface area contributed by atoms with Gasteiger partial charge in [-0.2, -0.15) is 0 Å². The molecular formula is C79H50N4O. The summed E-state index contributed by atoms with van der Waals surface area (Å²) in [6, 6.07) is 108. The van der Waals surface area contributed by atoms with Crippen molar-refractivity contribution in [2.24, 2.45) is 0 Å². The Bertz CT molecular complexity index is 4980. The van der Waals surface area contributed by atoms with Crippen molar-refractivity contribution in [2.45, 2.75) is 0 Å². The minimum Gasteiger partial charge on any atom is -0.456 e. The first-order valence-electron chi connectivity index (χ1n) is 28.5. The third-order valence-electron chi connectivity index (χ3n) is 16.5. The highest BCUT2D eigenvalue weighted by atomic mass is 16.3. The van der Waals surface area contributed by atoms with E-state index in [1.54, 1.807) is 0 Å². The van der Waals surface area contributed by atoms with E-state index in [0.29, 0.717) is 17.5 Å². The molecular weight excluding hydrogens is 1020 g/mol. The van der Waals surface area contributed by atoms with E-state index in [1.807, 2.05) is 24.3 Å². The third-order valence-corrected chi connectivity index (χ3v) is 16.5. The maximum absolute atomic E-state index is 6.62. The standard InChI is InChI=1S/C79H50N4O/c1-4-15-51(16-5-1)53-27-31-55(32-28-53)57-35-39-60(40-36-57)77-80-78(61-41-37-58(38-42-61)56-33-29-54(30-34-56)52-17-6-2-7-18-52)82-79(81-77)65-44-46-71(69(48-65)64-43-45-68-67-23-12-13-26-74(67)84-75(68)50-64)83-72-25-14-24-66(59-19-8-3-9-20-59)76(72)70-47-62-21-10-11-22-63(62)49-73(70)83/h1-50H. The van der Waals surface area contributed by atoms with Crippen LogP contribution >= 0.6 is 0 Å². The molecule has 84 heavy (non-hydrogen) atoms. The van der Waals surface area contributed by atoms with Gasteiger partial charge in [-0.3, -0.25) is 0 Å². The molecule has 0 saturated heterocycles. The second kappa shape index (κ2) is 20.4. The van der Waals surface area contributed by atoms with Gasteiger partial charge in [-0.05, 0) is 127 Å². The van der Waals surface area contributed by atoms with Gasteiger partial charge in [0.2, 0.25) is 0 Å². The second-order valence-electron chi connectivity index (χ2n) is 21.5. The molecule has 3 heterocycles. The van der Waals surface area contributed by atoms with Gasteiger partial charge in [0.1, 0.15) is 11.2 Å². The highest BCUT2D eigenvalue weighted by molar-refractivity contribution is 6.19. The molecule has 0 fully saturated rings. The zero-order chi connectivity index (χ0) is 55.5. The minimum absolute atomic E-state index is 0.563. The van der Waals surface area contributed by atoms with Crippen molar-refractivity contribution in [1.82, 2.24) is 19.5 Å². The molecule has 0 atom stereocenters. The molecule has 0 N–H and O–H groups in total. The van der Waals surface area contributed by atoms with Crippen molar-refractivity contribution in [3.05, 3.63) is 303 Å². The van der Waals surface area contributed by atoms with E-state index in [2.05, 4.69) is 284 Å². The topological polar surface area (TPSA) is 56.7 Å². The van der Waals surface area contributed by atoms with E-state index in [-0.39, 0.29) is 0 Å². The van der Waals surface area contributed by atoms with Crippen LogP contribution in [0.3, 0.4) is 0 Å². The van der Waals surface area contributed by atoms with E-state index in [4.69, 9.17) is 19.4 Å². The molecule has 5 heteroatoms. The predicted molar refractivity (Wildman–Crippen MR) is 348 cm³/mol. The van der Waals surface area contributed by atoms with Crippen molar-refractivity contribution in [1.29, 1.82) is 0 Å². The molecule has 5 nitrogen and oxygen atoms in total. The Labute approximate surface area is 485 Å². The number of furan rings is 1. The lowest BCUT2D eigenvalue weighted by Gasteiger charge is -2.17. The number of benzene rings is 13. The normalized spacial score (nSPS) is 11.6. The zero-order valence-corrected chi connectivity index (χ0v) is 45.6. The molecule has 16 aromatic rings. The number of para-hydroxylation sites is 1. The molecule has 0 spiro atoms. The molecule has 0 aliphatic carbocycles. The zero-order valence-electron chi connectivity index (χ0n) is 45.6. The van der Waals surface area contributed by atoms with Gasteiger partial charge in [0.15, 0.2) is 17.5 Å². The Morgan fingerprint density at radius 1 is 0.238 bits per heavy atom. The SMILES string of the molecule is c1ccc(-c2ccc(-c3ccc(-c4nc(-c5ccc(-c6ccc(-c7ccccc7)cc6)cc5)nc(-c5ccc(-n6c7cc8ccccc8cc7c7c(-c8ccccc8)cccc76)c(-c6ccc7c(c6)oc6ccccc67)c5)n4)cc3)cc2)cc1. The average molecular weight is 1070 g/mol. The van der Waals surface area contributed by atoms with Crippen LogP contribution in [0.2, 0.25) is 0 Å². The molecule has 392 valence electrons. The van der Waals surface area contributed by atoms with E-state index >= 15 is 0 Å². The van der Waals surface area contributed by atoms with Gasteiger partial charge in [0.05, 0.1) is 16.7 Å². The quantitative estimate of drug-likeness (QED) is 0.137. The van der Waals surface area contributed by atoms with Crippen LogP contribution in [0.25, 0.3) is 161 Å². The van der Waals surface area contributed by atoms with Crippen LogP contribution in [0.15, 0.2) is 308 Å². The number of nitrogens with zero attached hydrogens (tertiary/aromatic N) is 4. The molecule has 0 bridgehead atoms. The van der Waals surface area contributed by atoms with E-state index in [0.717, 1.165) is 88.7 Å². The maximum atomic E-state index is 6.62. The summed E-state index contributed by atoms with van der Waals surface area (Å²) in [6.45, 7) is 0. The van der Waals surface area contributed by atoms with E-state index < -0.39 is 0 Å². The lowest BCUT2D eigenvalue weighted by Crippen LogP contribution is -2.02. The van der Waals surface area contributed by atoms with Gasteiger partial charge >= 0.3 is 0 Å². The van der Waals surface area contributed by atoms with Crippen LogP contribution in [-0.4, -0.2) is 19.5 Å². The lowest BCUT2D eigenvalue weighted by molar-refractivity contribution is 0.669. The summed E-state index contributed by atoms with van der Waals surface area (Å²) in [4.78, 5) is 16.0. The Hall–Kier alpha value is -11.3. The van der Waals surface area contributed by atoms with Crippen LogP contribution in [0.5, 0.6) is 0 Å². The summed E-state index contributed by atoms with van der Waals surface area (Å²) in [6.07, 6.45) is 0. The van der Waals surface area contributed by atoms with Gasteiger partial charge in [-0.1, -0.05) is 249 Å². The van der Waals surface area contributed by atoms with Crippen molar-refractivity contribution < 1.29 is 4.42 Å². The predicted octanol–water partition coefficient (Wildman–Crippen LogP) is 21.0. The smallest absolute Gasteiger partial charge is 0.164 e. The van der Waals surface area contributed by atoms with Crippen LogP contribution in [-0.2, 0) is 0 Å². The Kier molecular flexibility index (Phi) is 11.8. The number of rotatable bonds is 10. The highest BCUT2D eigenvalue weighted by Crippen LogP contribution is 2.44. The summed E-state index contributed by atoms with van der Waals surface area (Å²) in [5, 5.41) is 6.90. The van der Waals surface area contributed by atoms with E-state index in [1.165, 1.54) is 54.9 Å². The first kappa shape index (κ1) is 48.6.